The predicted molar refractivity (Wildman–Crippen MR) is 99.3 cm³/mol. The number of carbonyl (C=O) groups excluding carboxylic acids is 1. The molecule has 2 rings (SSSR count). The molecule has 0 bridgehead atoms. The van der Waals surface area contributed by atoms with E-state index < -0.39 is 22.5 Å². The number of nitrogens with one attached hydrogen (secondary N) is 2. The molecule has 0 heterocycles. The molecule has 0 spiro atoms. The van der Waals surface area contributed by atoms with Gasteiger partial charge in [0.2, 0.25) is 15.9 Å². The maximum Gasteiger partial charge on any atom is 0.244 e. The largest absolute Gasteiger partial charge is 0.495 e. The van der Waals surface area contributed by atoms with Gasteiger partial charge < -0.3 is 14.8 Å². The summed E-state index contributed by atoms with van der Waals surface area (Å²) < 4.78 is 37.7. The van der Waals surface area contributed by atoms with Crippen LogP contribution in [0.5, 0.6) is 11.5 Å². The number of carbonyl (C=O) groups is 1. The summed E-state index contributed by atoms with van der Waals surface area (Å²) in [6, 6.07) is 10.0. The third-order valence-electron chi connectivity index (χ3n) is 3.87. The Morgan fingerprint density at radius 2 is 1.62 bits per heavy atom. The number of methoxy groups -OCH3 is 2. The van der Waals surface area contributed by atoms with E-state index in [1.807, 2.05) is 13.8 Å². The smallest absolute Gasteiger partial charge is 0.244 e. The second kappa shape index (κ2) is 8.20. The van der Waals surface area contributed by atoms with Crippen LogP contribution in [0.3, 0.4) is 0 Å². The average Bonchev–Trinajstić information content (AvgIpc) is 2.62. The molecular formula is C18H22N2O5S. The summed E-state index contributed by atoms with van der Waals surface area (Å²) in [5.41, 5.74) is 2.18. The highest BCUT2D eigenvalue weighted by atomic mass is 32.2. The zero-order chi connectivity index (χ0) is 19.3. The Kier molecular flexibility index (Phi) is 6.23. The lowest BCUT2D eigenvalue weighted by atomic mass is 10.1. The number of sulfonamides is 1. The number of aryl methyl sites for hydroxylation is 2. The van der Waals surface area contributed by atoms with Crippen molar-refractivity contribution in [3.63, 3.8) is 0 Å². The molecule has 26 heavy (non-hydrogen) atoms. The number of benzene rings is 2. The minimum atomic E-state index is -3.91. The molecule has 0 aliphatic rings. The Morgan fingerprint density at radius 3 is 2.27 bits per heavy atom. The highest BCUT2D eigenvalue weighted by Crippen LogP contribution is 2.27. The van der Waals surface area contributed by atoms with Crippen molar-refractivity contribution in [1.29, 1.82) is 0 Å². The zero-order valence-corrected chi connectivity index (χ0v) is 15.9. The first-order valence-corrected chi connectivity index (χ1v) is 9.34. The molecule has 0 atom stereocenters. The van der Waals surface area contributed by atoms with Gasteiger partial charge in [-0.05, 0) is 49.2 Å². The van der Waals surface area contributed by atoms with Gasteiger partial charge in [-0.3, -0.25) is 4.79 Å². The molecule has 7 nitrogen and oxygen atoms in total. The molecule has 0 saturated carbocycles. The van der Waals surface area contributed by atoms with Crippen molar-refractivity contribution in [3.8, 4) is 11.5 Å². The van der Waals surface area contributed by atoms with E-state index in [1.165, 1.54) is 20.3 Å². The fourth-order valence-corrected chi connectivity index (χ4v) is 3.53. The molecule has 0 aromatic heterocycles. The Balaban J connectivity index is 2.13. The molecule has 2 aromatic carbocycles. The first kappa shape index (κ1) is 19.7. The standard InChI is InChI=1S/C18H22N2O5S/c1-12-9-16(25-4)17(10-13(12)2)26(22,23)19-11-18(21)20-14-7-5-6-8-15(14)24-3/h5-10,19H,11H2,1-4H3,(H,20,21). The van der Waals surface area contributed by atoms with Gasteiger partial charge >= 0.3 is 0 Å². The quantitative estimate of drug-likeness (QED) is 0.771. The zero-order valence-electron chi connectivity index (χ0n) is 15.1. The number of hydrogen-bond acceptors (Lipinski definition) is 5. The molecule has 8 heteroatoms. The van der Waals surface area contributed by atoms with Gasteiger partial charge in [-0.1, -0.05) is 12.1 Å². The minimum Gasteiger partial charge on any atom is -0.495 e. The van der Waals surface area contributed by atoms with Gasteiger partial charge in [-0.25, -0.2) is 13.1 Å². The first-order chi connectivity index (χ1) is 12.3. The van der Waals surface area contributed by atoms with Crippen LogP contribution in [0.2, 0.25) is 0 Å². The Labute approximate surface area is 153 Å². The summed E-state index contributed by atoms with van der Waals surface area (Å²) >= 11 is 0. The van der Waals surface area contributed by atoms with Crippen LogP contribution >= 0.6 is 0 Å². The first-order valence-electron chi connectivity index (χ1n) is 7.86. The van der Waals surface area contributed by atoms with E-state index in [2.05, 4.69) is 10.0 Å². The van der Waals surface area contributed by atoms with E-state index in [0.717, 1.165) is 11.1 Å². The summed E-state index contributed by atoms with van der Waals surface area (Å²) in [7, 11) is -1.03. The third-order valence-corrected chi connectivity index (χ3v) is 5.30. The van der Waals surface area contributed by atoms with Crippen LogP contribution < -0.4 is 19.5 Å². The topological polar surface area (TPSA) is 93.7 Å². The molecular weight excluding hydrogens is 356 g/mol. The Bertz CT molecular complexity index is 910. The van der Waals surface area contributed by atoms with Crippen molar-refractivity contribution >= 4 is 21.6 Å². The van der Waals surface area contributed by atoms with Crippen LogP contribution in [0.25, 0.3) is 0 Å². The lowest BCUT2D eigenvalue weighted by Crippen LogP contribution is -2.33. The summed E-state index contributed by atoms with van der Waals surface area (Å²) in [6.45, 7) is 3.25. The minimum absolute atomic E-state index is 0.00630. The van der Waals surface area contributed by atoms with Crippen molar-refractivity contribution < 1.29 is 22.7 Å². The predicted octanol–water partition coefficient (Wildman–Crippen LogP) is 2.24. The summed E-state index contributed by atoms with van der Waals surface area (Å²) in [6.07, 6.45) is 0. The van der Waals surface area contributed by atoms with Crippen LogP contribution in [0, 0.1) is 13.8 Å². The van der Waals surface area contributed by atoms with Crippen molar-refractivity contribution in [3.05, 3.63) is 47.5 Å². The molecule has 0 radical (unpaired) electrons. The van der Waals surface area contributed by atoms with E-state index in [1.54, 1.807) is 30.3 Å². The molecule has 0 aliphatic heterocycles. The van der Waals surface area contributed by atoms with Gasteiger partial charge in [-0.2, -0.15) is 0 Å². The van der Waals surface area contributed by atoms with Gasteiger partial charge in [0.1, 0.15) is 16.4 Å². The Morgan fingerprint density at radius 1 is 1.00 bits per heavy atom. The number of hydrogen-bond donors (Lipinski definition) is 2. The monoisotopic (exact) mass is 378 g/mol. The highest BCUT2D eigenvalue weighted by molar-refractivity contribution is 7.89. The van der Waals surface area contributed by atoms with Crippen molar-refractivity contribution in [2.24, 2.45) is 0 Å². The maximum absolute atomic E-state index is 12.6. The lowest BCUT2D eigenvalue weighted by molar-refractivity contribution is -0.115. The molecule has 0 saturated heterocycles. The Hall–Kier alpha value is -2.58. The highest BCUT2D eigenvalue weighted by Gasteiger charge is 2.21. The molecule has 2 N–H and O–H groups in total. The van der Waals surface area contributed by atoms with Crippen LogP contribution in [0.4, 0.5) is 5.69 Å². The molecule has 2 aromatic rings. The van der Waals surface area contributed by atoms with Crippen LogP contribution in [-0.2, 0) is 14.8 Å². The average molecular weight is 378 g/mol. The van der Waals surface area contributed by atoms with Gasteiger partial charge in [-0.15, -0.1) is 0 Å². The molecule has 0 aliphatic carbocycles. The van der Waals surface area contributed by atoms with Crippen molar-refractivity contribution in [2.75, 3.05) is 26.1 Å². The van der Waals surface area contributed by atoms with Gasteiger partial charge in [0, 0.05) is 0 Å². The normalized spacial score (nSPS) is 11.1. The van der Waals surface area contributed by atoms with Gasteiger partial charge in [0.05, 0.1) is 26.5 Å². The fraction of sp³-hybridized carbons (Fsp3) is 0.278. The van der Waals surface area contributed by atoms with Crippen LogP contribution in [-0.4, -0.2) is 35.1 Å². The number of rotatable bonds is 7. The van der Waals surface area contributed by atoms with Crippen molar-refractivity contribution in [1.82, 2.24) is 4.72 Å². The summed E-state index contributed by atoms with van der Waals surface area (Å²) in [4.78, 5) is 12.1. The molecule has 140 valence electrons. The van der Waals surface area contributed by atoms with Crippen molar-refractivity contribution in [2.45, 2.75) is 18.7 Å². The molecule has 0 fully saturated rings. The SMILES string of the molecule is COc1ccccc1NC(=O)CNS(=O)(=O)c1cc(C)c(C)cc1OC. The van der Waals surface area contributed by atoms with Gasteiger partial charge in [0.15, 0.2) is 0 Å². The van der Waals surface area contributed by atoms with E-state index in [0.29, 0.717) is 11.4 Å². The lowest BCUT2D eigenvalue weighted by Gasteiger charge is -2.14. The maximum atomic E-state index is 12.6. The molecule has 0 unspecified atom stereocenters. The molecule has 1 amide bonds. The summed E-state index contributed by atoms with van der Waals surface area (Å²) in [5, 5.41) is 2.61. The van der Waals surface area contributed by atoms with E-state index in [9.17, 15) is 13.2 Å². The number of ether oxygens (including phenoxy) is 2. The van der Waals surface area contributed by atoms with Crippen LogP contribution in [0.1, 0.15) is 11.1 Å². The summed E-state index contributed by atoms with van der Waals surface area (Å²) in [5.74, 6) is 0.200. The van der Waals surface area contributed by atoms with E-state index >= 15 is 0 Å². The number of para-hydroxylation sites is 2. The third kappa shape index (κ3) is 4.53. The van der Waals surface area contributed by atoms with E-state index in [4.69, 9.17) is 9.47 Å². The van der Waals surface area contributed by atoms with Gasteiger partial charge in [0.25, 0.3) is 0 Å². The van der Waals surface area contributed by atoms with Crippen LogP contribution in [0.15, 0.2) is 41.3 Å². The second-order valence-corrected chi connectivity index (χ2v) is 7.40. The number of amides is 1. The fourth-order valence-electron chi connectivity index (χ4n) is 2.31. The second-order valence-electron chi connectivity index (χ2n) is 5.66. The number of anilines is 1. The van der Waals surface area contributed by atoms with E-state index in [-0.39, 0.29) is 10.6 Å².